The zero-order valence-corrected chi connectivity index (χ0v) is 12.5. The van der Waals surface area contributed by atoms with Crippen LogP contribution in [0.5, 0.6) is 0 Å². The van der Waals surface area contributed by atoms with Crippen LogP contribution >= 0.6 is 0 Å². The van der Waals surface area contributed by atoms with Gasteiger partial charge in [0.15, 0.2) is 6.10 Å². The van der Waals surface area contributed by atoms with Gasteiger partial charge in [0, 0.05) is 12.0 Å². The van der Waals surface area contributed by atoms with Gasteiger partial charge in [-0.15, -0.1) is 0 Å². The highest BCUT2D eigenvalue weighted by molar-refractivity contribution is 5.87. The summed E-state index contributed by atoms with van der Waals surface area (Å²) in [4.78, 5) is 23.0. The smallest absolute Gasteiger partial charge is 0.334 e. The highest BCUT2D eigenvalue weighted by Crippen LogP contribution is 2.21. The molecule has 0 aromatic rings. The molecular weight excluding hydrogens is 276 g/mol. The average Bonchev–Trinajstić information content (AvgIpc) is 2.87. The summed E-state index contributed by atoms with van der Waals surface area (Å²) in [6.07, 6.45) is 1.74. The molecule has 1 aliphatic rings. The third-order valence-corrected chi connectivity index (χ3v) is 3.27. The molecule has 0 radical (unpaired) electrons. The van der Waals surface area contributed by atoms with Crippen molar-refractivity contribution in [1.29, 1.82) is 0 Å². The molecule has 21 heavy (non-hydrogen) atoms. The lowest BCUT2D eigenvalue weighted by Gasteiger charge is -2.20. The fourth-order valence-electron chi connectivity index (χ4n) is 1.74. The van der Waals surface area contributed by atoms with Crippen LogP contribution in [-0.2, 0) is 19.1 Å². The van der Waals surface area contributed by atoms with Crippen LogP contribution in [0.4, 0.5) is 0 Å². The van der Waals surface area contributed by atoms with Crippen LogP contribution < -0.4 is 0 Å². The Morgan fingerprint density at radius 2 is 2.10 bits per heavy atom. The number of hydrogen-bond acceptors (Lipinski definition) is 6. The van der Waals surface area contributed by atoms with Crippen molar-refractivity contribution in [3.8, 4) is 0 Å². The van der Waals surface area contributed by atoms with Crippen molar-refractivity contribution in [3.05, 3.63) is 23.8 Å². The summed E-state index contributed by atoms with van der Waals surface area (Å²) in [5.74, 6) is -0.852. The Kier molecular flexibility index (Phi) is 6.58. The van der Waals surface area contributed by atoms with E-state index in [9.17, 15) is 19.8 Å². The van der Waals surface area contributed by atoms with Crippen molar-refractivity contribution in [2.75, 3.05) is 0 Å². The first kappa shape index (κ1) is 17.4. The van der Waals surface area contributed by atoms with E-state index in [4.69, 9.17) is 9.47 Å². The molecular formula is C15H22O6. The zero-order valence-electron chi connectivity index (χ0n) is 12.5. The van der Waals surface area contributed by atoms with Gasteiger partial charge in [-0.1, -0.05) is 12.2 Å². The molecule has 0 saturated carbocycles. The van der Waals surface area contributed by atoms with Gasteiger partial charge in [0.25, 0.3) is 0 Å². The Morgan fingerprint density at radius 3 is 2.57 bits per heavy atom. The van der Waals surface area contributed by atoms with Gasteiger partial charge >= 0.3 is 11.9 Å². The summed E-state index contributed by atoms with van der Waals surface area (Å²) in [6.45, 7) is 4.78. The van der Waals surface area contributed by atoms with Crippen LogP contribution in [0.25, 0.3) is 0 Å². The van der Waals surface area contributed by atoms with E-state index >= 15 is 0 Å². The number of carbonyl (C=O) groups excluding carboxylic acids is 2. The molecule has 0 aliphatic carbocycles. The summed E-state index contributed by atoms with van der Waals surface area (Å²) in [7, 11) is 0. The van der Waals surface area contributed by atoms with Gasteiger partial charge in [-0.05, 0) is 33.3 Å². The Bertz CT molecular complexity index is 437. The normalized spacial score (nSPS) is 23.8. The SMILES string of the molecule is CC=C(C)C(=O)O[C@@H](C=C[C@H](O)[C@H](C)O)[C@@H]1CCC(=O)O1. The lowest BCUT2D eigenvalue weighted by atomic mass is 10.1. The topological polar surface area (TPSA) is 93.1 Å². The standard InChI is InChI=1S/C15H22O6/c1-4-9(2)15(19)21-13(6-5-11(17)10(3)16)12-7-8-14(18)20-12/h4-6,10-13,16-17H,7-8H2,1-3H3/t10-,11-,12-,13-/m0/s1. The highest BCUT2D eigenvalue weighted by atomic mass is 16.6. The second-order valence-electron chi connectivity index (χ2n) is 5.02. The monoisotopic (exact) mass is 298 g/mol. The molecule has 2 N–H and O–H groups in total. The molecule has 0 aromatic heterocycles. The predicted molar refractivity (Wildman–Crippen MR) is 75.3 cm³/mol. The van der Waals surface area contributed by atoms with Crippen molar-refractivity contribution in [3.63, 3.8) is 0 Å². The Labute approximate surface area is 124 Å². The molecule has 1 fully saturated rings. The molecule has 0 aromatic carbocycles. The lowest BCUT2D eigenvalue weighted by Crippen LogP contribution is -2.31. The summed E-state index contributed by atoms with van der Waals surface area (Å²) < 4.78 is 10.4. The molecule has 1 aliphatic heterocycles. The minimum Gasteiger partial charge on any atom is -0.458 e. The molecule has 0 unspecified atom stereocenters. The minimum absolute atomic E-state index is 0.272. The third kappa shape index (κ3) is 5.32. The molecule has 0 amide bonds. The van der Waals surface area contributed by atoms with Crippen LogP contribution in [0.3, 0.4) is 0 Å². The molecule has 4 atom stereocenters. The van der Waals surface area contributed by atoms with E-state index in [0.29, 0.717) is 12.0 Å². The van der Waals surface area contributed by atoms with Gasteiger partial charge in [0.1, 0.15) is 6.10 Å². The van der Waals surface area contributed by atoms with E-state index in [1.807, 2.05) is 0 Å². The third-order valence-electron chi connectivity index (χ3n) is 3.27. The van der Waals surface area contributed by atoms with Crippen molar-refractivity contribution >= 4 is 11.9 Å². The number of aliphatic hydroxyl groups excluding tert-OH is 2. The van der Waals surface area contributed by atoms with Crippen molar-refractivity contribution in [2.24, 2.45) is 0 Å². The number of esters is 2. The number of carbonyl (C=O) groups is 2. The fraction of sp³-hybridized carbons (Fsp3) is 0.600. The maximum atomic E-state index is 11.8. The second kappa shape index (κ2) is 7.95. The largest absolute Gasteiger partial charge is 0.458 e. The molecule has 6 heteroatoms. The zero-order chi connectivity index (χ0) is 16.0. The number of ether oxygens (including phenoxy) is 2. The number of allylic oxidation sites excluding steroid dienone is 1. The maximum Gasteiger partial charge on any atom is 0.334 e. The maximum absolute atomic E-state index is 11.8. The number of rotatable bonds is 6. The number of cyclic esters (lactones) is 1. The van der Waals surface area contributed by atoms with Gasteiger partial charge in [0.05, 0.1) is 12.2 Å². The van der Waals surface area contributed by atoms with E-state index in [0.717, 1.165) is 0 Å². The van der Waals surface area contributed by atoms with Gasteiger partial charge in [-0.3, -0.25) is 4.79 Å². The van der Waals surface area contributed by atoms with Crippen molar-refractivity contribution < 1.29 is 29.3 Å². The van der Waals surface area contributed by atoms with Gasteiger partial charge < -0.3 is 19.7 Å². The van der Waals surface area contributed by atoms with Gasteiger partial charge in [-0.2, -0.15) is 0 Å². The first-order valence-corrected chi connectivity index (χ1v) is 6.93. The van der Waals surface area contributed by atoms with E-state index in [1.54, 1.807) is 19.9 Å². The number of hydrogen-bond donors (Lipinski definition) is 2. The first-order valence-electron chi connectivity index (χ1n) is 6.93. The molecule has 0 bridgehead atoms. The van der Waals surface area contributed by atoms with Crippen LogP contribution in [0.2, 0.25) is 0 Å². The first-order chi connectivity index (χ1) is 9.85. The van der Waals surface area contributed by atoms with E-state index in [2.05, 4.69) is 0 Å². The summed E-state index contributed by atoms with van der Waals surface area (Å²) >= 11 is 0. The fourth-order valence-corrected chi connectivity index (χ4v) is 1.74. The Balaban J connectivity index is 2.79. The Morgan fingerprint density at radius 1 is 1.43 bits per heavy atom. The summed E-state index contributed by atoms with van der Waals surface area (Å²) in [5.41, 5.74) is 0.439. The minimum atomic E-state index is -1.08. The quantitative estimate of drug-likeness (QED) is 0.429. The lowest BCUT2D eigenvalue weighted by molar-refractivity contribution is -0.155. The molecule has 6 nitrogen and oxygen atoms in total. The molecule has 1 heterocycles. The van der Waals surface area contributed by atoms with Gasteiger partial charge in [0.2, 0.25) is 0 Å². The molecule has 1 rings (SSSR count). The van der Waals surface area contributed by atoms with Crippen LogP contribution in [-0.4, -0.2) is 46.6 Å². The Hall–Kier alpha value is -1.66. The molecule has 118 valence electrons. The van der Waals surface area contributed by atoms with E-state index in [-0.39, 0.29) is 12.4 Å². The van der Waals surface area contributed by atoms with Crippen molar-refractivity contribution in [1.82, 2.24) is 0 Å². The second-order valence-corrected chi connectivity index (χ2v) is 5.02. The highest BCUT2D eigenvalue weighted by Gasteiger charge is 2.32. The number of aliphatic hydroxyl groups is 2. The van der Waals surface area contributed by atoms with Gasteiger partial charge in [-0.25, -0.2) is 4.79 Å². The van der Waals surface area contributed by atoms with Crippen LogP contribution in [0.1, 0.15) is 33.6 Å². The molecule has 0 spiro atoms. The average molecular weight is 298 g/mol. The predicted octanol–water partition coefficient (Wildman–Crippen LogP) is 0.868. The molecule has 1 saturated heterocycles. The van der Waals surface area contributed by atoms with E-state index in [1.165, 1.54) is 19.1 Å². The van der Waals surface area contributed by atoms with E-state index < -0.39 is 30.4 Å². The van der Waals surface area contributed by atoms with Crippen LogP contribution in [0.15, 0.2) is 23.8 Å². The summed E-state index contributed by atoms with van der Waals surface area (Å²) in [6, 6.07) is 0. The van der Waals surface area contributed by atoms with Crippen molar-refractivity contribution in [2.45, 2.75) is 58.0 Å². The van der Waals surface area contributed by atoms with Crippen LogP contribution in [0, 0.1) is 0 Å². The summed E-state index contributed by atoms with van der Waals surface area (Å²) in [5, 5.41) is 18.8.